The maximum absolute atomic E-state index is 9.20. The molecule has 10 nitrogen and oxygen atoms in total. The number of hydrogen-bond acceptors (Lipinski definition) is 8. The number of anilines is 1. The molecule has 0 spiro atoms. The third kappa shape index (κ3) is 9.95. The van der Waals surface area contributed by atoms with Gasteiger partial charge in [0.15, 0.2) is 0 Å². The summed E-state index contributed by atoms with van der Waals surface area (Å²) in [5.41, 5.74) is 2.53. The molecule has 0 aliphatic carbocycles. The molecule has 1 aliphatic heterocycles. The molecule has 30 heavy (non-hydrogen) atoms. The quantitative estimate of drug-likeness (QED) is 0.601. The Morgan fingerprint density at radius 2 is 1.57 bits per heavy atom. The SMILES string of the molecule is CS(=O)(=O)O.CS(=O)(=O)O.C[C@@H]1CN(c2ccc(C#N)c3ncccc23)C[C@H](C)O1. The maximum atomic E-state index is 9.20. The van der Waals surface area contributed by atoms with E-state index in [-0.39, 0.29) is 12.2 Å². The first kappa shape index (κ1) is 25.7. The zero-order chi connectivity index (χ0) is 23.1. The summed E-state index contributed by atoms with van der Waals surface area (Å²) in [4.78, 5) is 6.69. The lowest BCUT2D eigenvalue weighted by atomic mass is 10.1. The predicted octanol–water partition coefficient (Wildman–Crippen LogP) is 1.73. The van der Waals surface area contributed by atoms with Crippen LogP contribution in [0.1, 0.15) is 19.4 Å². The molecule has 1 aromatic carbocycles. The fourth-order valence-electron chi connectivity index (χ4n) is 2.90. The van der Waals surface area contributed by atoms with Crippen LogP contribution in [0.25, 0.3) is 10.9 Å². The van der Waals surface area contributed by atoms with Gasteiger partial charge >= 0.3 is 0 Å². The highest BCUT2D eigenvalue weighted by Gasteiger charge is 2.24. The lowest BCUT2D eigenvalue weighted by molar-refractivity contribution is -0.00513. The van der Waals surface area contributed by atoms with Crippen LogP contribution in [0.4, 0.5) is 5.69 Å². The Bertz CT molecular complexity index is 1060. The molecule has 1 fully saturated rings. The average molecular weight is 460 g/mol. The number of aromatic nitrogens is 1. The van der Waals surface area contributed by atoms with Crippen LogP contribution in [0.3, 0.4) is 0 Å². The number of ether oxygens (including phenoxy) is 1. The molecule has 1 saturated heterocycles. The summed E-state index contributed by atoms with van der Waals surface area (Å²) in [7, 11) is -7.33. The fourth-order valence-corrected chi connectivity index (χ4v) is 2.90. The fraction of sp³-hybridized carbons (Fsp3) is 0.444. The lowest BCUT2D eigenvalue weighted by Crippen LogP contribution is -2.45. The second kappa shape index (κ2) is 10.6. The molecule has 1 aromatic heterocycles. The molecule has 0 amide bonds. The van der Waals surface area contributed by atoms with Crippen molar-refractivity contribution in [1.29, 1.82) is 5.26 Å². The maximum Gasteiger partial charge on any atom is 0.261 e. The minimum absolute atomic E-state index is 0.209. The second-order valence-corrected chi connectivity index (χ2v) is 9.70. The Kier molecular flexibility index (Phi) is 9.13. The monoisotopic (exact) mass is 459 g/mol. The van der Waals surface area contributed by atoms with Crippen LogP contribution >= 0.6 is 0 Å². The van der Waals surface area contributed by atoms with Crippen LogP contribution in [0.2, 0.25) is 0 Å². The van der Waals surface area contributed by atoms with Gasteiger partial charge in [0.1, 0.15) is 6.07 Å². The lowest BCUT2D eigenvalue weighted by Gasteiger charge is -2.37. The summed E-state index contributed by atoms with van der Waals surface area (Å²) < 4.78 is 57.5. The van der Waals surface area contributed by atoms with Gasteiger partial charge in [-0.15, -0.1) is 0 Å². The van der Waals surface area contributed by atoms with Crippen molar-refractivity contribution in [3.8, 4) is 6.07 Å². The minimum Gasteiger partial charge on any atom is -0.372 e. The van der Waals surface area contributed by atoms with Crippen LogP contribution in [0.15, 0.2) is 30.5 Å². The number of morpholine rings is 1. The predicted molar refractivity (Wildman–Crippen MR) is 114 cm³/mol. The van der Waals surface area contributed by atoms with Gasteiger partial charge in [-0.3, -0.25) is 14.1 Å². The van der Waals surface area contributed by atoms with Gasteiger partial charge in [0.25, 0.3) is 20.2 Å². The molecule has 166 valence electrons. The molecule has 2 aromatic rings. The molecule has 12 heteroatoms. The van der Waals surface area contributed by atoms with Crippen molar-refractivity contribution in [1.82, 2.24) is 4.98 Å². The van der Waals surface area contributed by atoms with E-state index in [0.29, 0.717) is 18.1 Å². The van der Waals surface area contributed by atoms with Gasteiger partial charge in [-0.2, -0.15) is 22.1 Å². The van der Waals surface area contributed by atoms with Crippen LogP contribution in [0, 0.1) is 11.3 Å². The number of fused-ring (bicyclic) bond motifs is 1. The van der Waals surface area contributed by atoms with Gasteiger partial charge in [-0.05, 0) is 38.1 Å². The van der Waals surface area contributed by atoms with Crippen molar-refractivity contribution < 1.29 is 30.7 Å². The standard InChI is InChI=1S/C16H17N3O.2CH4O3S/c1-11-9-19(10-12(2)20-11)15-6-5-13(8-17)16-14(15)4-3-7-18-16;2*1-5(2,3)4/h3-7,11-12H,9-10H2,1-2H3;2*1H3,(H,2,3,4)/t11-,12+;;. The highest BCUT2D eigenvalue weighted by atomic mass is 32.2. The van der Waals surface area contributed by atoms with E-state index in [2.05, 4.69) is 29.8 Å². The summed E-state index contributed by atoms with van der Waals surface area (Å²) in [6.07, 6.45) is 3.58. The Hall–Kier alpha value is -2.30. The van der Waals surface area contributed by atoms with Crippen LogP contribution in [-0.2, 0) is 25.0 Å². The molecule has 0 saturated carbocycles. The number of rotatable bonds is 1. The number of nitriles is 1. The molecule has 2 atom stereocenters. The van der Waals surface area contributed by atoms with Crippen molar-refractivity contribution in [3.05, 3.63) is 36.0 Å². The molecule has 3 rings (SSSR count). The van der Waals surface area contributed by atoms with Crippen molar-refractivity contribution >= 4 is 36.8 Å². The third-order valence-corrected chi connectivity index (χ3v) is 3.63. The Morgan fingerprint density at radius 3 is 2.03 bits per heavy atom. The third-order valence-electron chi connectivity index (χ3n) is 3.63. The van der Waals surface area contributed by atoms with Crippen LogP contribution in [0.5, 0.6) is 0 Å². The van der Waals surface area contributed by atoms with Gasteiger partial charge < -0.3 is 9.64 Å². The summed E-state index contributed by atoms with van der Waals surface area (Å²) in [6.45, 7) is 5.90. The van der Waals surface area contributed by atoms with Gasteiger partial charge in [0.2, 0.25) is 0 Å². The second-order valence-electron chi connectivity index (χ2n) is 6.77. The molecular weight excluding hydrogens is 434 g/mol. The van der Waals surface area contributed by atoms with E-state index in [9.17, 15) is 22.1 Å². The van der Waals surface area contributed by atoms with Gasteiger partial charge in [-0.1, -0.05) is 0 Å². The van der Waals surface area contributed by atoms with E-state index in [1.807, 2.05) is 24.3 Å². The summed E-state index contributed by atoms with van der Waals surface area (Å²) in [6, 6.07) is 10.0. The Balaban J connectivity index is 0.000000378. The van der Waals surface area contributed by atoms with Crippen molar-refractivity contribution in [2.75, 3.05) is 30.5 Å². The Labute approximate surface area is 176 Å². The first-order valence-electron chi connectivity index (χ1n) is 8.72. The highest BCUT2D eigenvalue weighted by Crippen LogP contribution is 2.30. The molecule has 0 bridgehead atoms. The van der Waals surface area contributed by atoms with Crippen LogP contribution < -0.4 is 4.90 Å². The molecular formula is C18H25N3O7S2. The van der Waals surface area contributed by atoms with E-state index in [0.717, 1.165) is 29.7 Å². The smallest absolute Gasteiger partial charge is 0.261 e. The summed E-state index contributed by atoms with van der Waals surface area (Å²) >= 11 is 0. The average Bonchev–Trinajstić information content (AvgIpc) is 2.57. The van der Waals surface area contributed by atoms with Crippen molar-refractivity contribution in [2.24, 2.45) is 0 Å². The van der Waals surface area contributed by atoms with Gasteiger partial charge in [0, 0.05) is 30.4 Å². The largest absolute Gasteiger partial charge is 0.372 e. The Morgan fingerprint density at radius 1 is 1.07 bits per heavy atom. The minimum atomic E-state index is -3.67. The van der Waals surface area contributed by atoms with Crippen molar-refractivity contribution in [2.45, 2.75) is 26.1 Å². The van der Waals surface area contributed by atoms with Crippen molar-refractivity contribution in [3.63, 3.8) is 0 Å². The first-order valence-corrected chi connectivity index (χ1v) is 12.4. The normalized spacial score (nSPS) is 19.0. The topological polar surface area (TPSA) is 158 Å². The van der Waals surface area contributed by atoms with Gasteiger partial charge in [0.05, 0.1) is 35.8 Å². The van der Waals surface area contributed by atoms with Gasteiger partial charge in [-0.25, -0.2) is 0 Å². The van der Waals surface area contributed by atoms with Crippen LogP contribution in [-0.4, -0.2) is 68.7 Å². The zero-order valence-corrected chi connectivity index (χ0v) is 18.7. The van der Waals surface area contributed by atoms with E-state index in [4.69, 9.17) is 13.8 Å². The first-order chi connectivity index (χ1) is 13.7. The number of benzene rings is 1. The van der Waals surface area contributed by atoms with E-state index >= 15 is 0 Å². The van der Waals surface area contributed by atoms with E-state index in [1.54, 1.807) is 6.20 Å². The number of hydrogen-bond donors (Lipinski definition) is 2. The summed E-state index contributed by atoms with van der Waals surface area (Å²) in [5, 5.41) is 10.2. The highest BCUT2D eigenvalue weighted by molar-refractivity contribution is 7.85. The molecule has 0 radical (unpaired) electrons. The molecule has 2 heterocycles. The molecule has 2 N–H and O–H groups in total. The number of nitrogens with zero attached hydrogens (tertiary/aromatic N) is 3. The molecule has 1 aliphatic rings. The molecule has 0 unspecified atom stereocenters. The van der Waals surface area contributed by atoms with E-state index < -0.39 is 20.2 Å². The summed E-state index contributed by atoms with van der Waals surface area (Å²) in [5.74, 6) is 0. The van der Waals surface area contributed by atoms with E-state index in [1.165, 1.54) is 0 Å². The zero-order valence-electron chi connectivity index (χ0n) is 17.0. The number of pyridine rings is 1.